The van der Waals surface area contributed by atoms with Crippen molar-refractivity contribution in [2.24, 2.45) is 0 Å². The van der Waals surface area contributed by atoms with Gasteiger partial charge in [0.25, 0.3) is 0 Å². The number of rotatable bonds is 4. The molecule has 1 aliphatic heterocycles. The molecule has 3 nitrogen and oxygen atoms in total. The van der Waals surface area contributed by atoms with E-state index in [-0.39, 0.29) is 5.60 Å². The van der Waals surface area contributed by atoms with Crippen molar-refractivity contribution in [3.63, 3.8) is 0 Å². The van der Waals surface area contributed by atoms with Gasteiger partial charge in [-0.15, -0.1) is 0 Å². The van der Waals surface area contributed by atoms with Crippen LogP contribution in [0.1, 0.15) is 27.2 Å². The van der Waals surface area contributed by atoms with E-state index in [4.69, 9.17) is 4.74 Å². The molecule has 1 fully saturated rings. The smallest absolute Gasteiger partial charge is 0.0753 e. The Bertz CT molecular complexity index is 171. The lowest BCUT2D eigenvalue weighted by atomic mass is 10.0. The van der Waals surface area contributed by atoms with Crippen molar-refractivity contribution in [3.05, 3.63) is 0 Å². The maximum absolute atomic E-state index is 5.69. The van der Waals surface area contributed by atoms with Gasteiger partial charge in [0.1, 0.15) is 0 Å². The SMILES string of the molecule is CNCCC(C)N1CCOC(C)(C)C1. The molecule has 0 bridgehead atoms. The van der Waals surface area contributed by atoms with Gasteiger partial charge in [-0.3, -0.25) is 4.90 Å². The molecular weight excluding hydrogens is 176 g/mol. The molecule has 0 saturated carbocycles. The molecule has 1 saturated heterocycles. The van der Waals surface area contributed by atoms with E-state index in [0.717, 1.165) is 26.2 Å². The number of hydrogen-bond acceptors (Lipinski definition) is 3. The van der Waals surface area contributed by atoms with E-state index in [9.17, 15) is 0 Å². The Balaban J connectivity index is 2.35. The minimum absolute atomic E-state index is 0.0339. The van der Waals surface area contributed by atoms with Crippen molar-refractivity contribution >= 4 is 0 Å². The zero-order valence-electron chi connectivity index (χ0n) is 9.97. The second-order valence-corrected chi connectivity index (χ2v) is 4.82. The van der Waals surface area contributed by atoms with E-state index in [1.54, 1.807) is 0 Å². The van der Waals surface area contributed by atoms with Gasteiger partial charge in [0.2, 0.25) is 0 Å². The second kappa shape index (κ2) is 5.10. The summed E-state index contributed by atoms with van der Waals surface area (Å²) in [6.45, 7) is 10.7. The Labute approximate surface area is 87.8 Å². The van der Waals surface area contributed by atoms with Gasteiger partial charge in [0.05, 0.1) is 12.2 Å². The van der Waals surface area contributed by atoms with Gasteiger partial charge in [0.15, 0.2) is 0 Å². The molecule has 3 heteroatoms. The maximum Gasteiger partial charge on any atom is 0.0753 e. The highest BCUT2D eigenvalue weighted by molar-refractivity contribution is 4.82. The standard InChI is InChI=1S/C11H24N2O/c1-10(5-6-12-4)13-7-8-14-11(2,3)9-13/h10,12H,5-9H2,1-4H3. The van der Waals surface area contributed by atoms with Crippen molar-refractivity contribution in [2.75, 3.05) is 33.3 Å². The van der Waals surface area contributed by atoms with Crippen LogP contribution >= 0.6 is 0 Å². The molecule has 0 radical (unpaired) electrons. The topological polar surface area (TPSA) is 24.5 Å². The van der Waals surface area contributed by atoms with Gasteiger partial charge in [-0.05, 0) is 40.8 Å². The largest absolute Gasteiger partial charge is 0.373 e. The van der Waals surface area contributed by atoms with Crippen LogP contribution in [0.2, 0.25) is 0 Å². The third-order valence-corrected chi connectivity index (χ3v) is 2.89. The summed E-state index contributed by atoms with van der Waals surface area (Å²) >= 11 is 0. The van der Waals surface area contributed by atoms with E-state index in [0.29, 0.717) is 6.04 Å². The molecule has 1 unspecified atom stereocenters. The molecule has 1 atom stereocenters. The first-order valence-corrected chi connectivity index (χ1v) is 5.58. The Morgan fingerprint density at radius 3 is 2.79 bits per heavy atom. The fourth-order valence-electron chi connectivity index (χ4n) is 1.97. The normalized spacial score (nSPS) is 24.9. The van der Waals surface area contributed by atoms with Crippen LogP contribution < -0.4 is 5.32 Å². The third-order valence-electron chi connectivity index (χ3n) is 2.89. The highest BCUT2D eigenvalue weighted by Gasteiger charge is 2.29. The summed E-state index contributed by atoms with van der Waals surface area (Å²) < 4.78 is 5.69. The summed E-state index contributed by atoms with van der Waals surface area (Å²) in [6, 6.07) is 0.658. The molecule has 0 aromatic heterocycles. The summed E-state index contributed by atoms with van der Waals surface area (Å²) in [4.78, 5) is 2.53. The monoisotopic (exact) mass is 200 g/mol. The minimum Gasteiger partial charge on any atom is -0.373 e. The lowest BCUT2D eigenvalue weighted by molar-refractivity contribution is -0.0958. The molecule has 14 heavy (non-hydrogen) atoms. The van der Waals surface area contributed by atoms with Crippen LogP contribution in [0, 0.1) is 0 Å². The first kappa shape index (κ1) is 12.0. The zero-order chi connectivity index (χ0) is 10.6. The molecule has 0 amide bonds. The van der Waals surface area contributed by atoms with Crippen molar-refractivity contribution in [3.8, 4) is 0 Å². The zero-order valence-corrected chi connectivity index (χ0v) is 9.97. The lowest BCUT2D eigenvalue weighted by Crippen LogP contribution is -2.51. The van der Waals surface area contributed by atoms with Gasteiger partial charge in [-0.1, -0.05) is 0 Å². The van der Waals surface area contributed by atoms with Crippen molar-refractivity contribution in [1.82, 2.24) is 10.2 Å². The fraction of sp³-hybridized carbons (Fsp3) is 1.00. The van der Waals surface area contributed by atoms with Crippen LogP contribution in [-0.4, -0.2) is 49.8 Å². The van der Waals surface area contributed by atoms with Crippen LogP contribution in [0.4, 0.5) is 0 Å². The number of morpholine rings is 1. The number of hydrogen-bond donors (Lipinski definition) is 1. The summed E-state index contributed by atoms with van der Waals surface area (Å²) in [6.07, 6.45) is 1.21. The average molecular weight is 200 g/mol. The molecule has 1 aliphatic rings. The van der Waals surface area contributed by atoms with Gasteiger partial charge in [-0.25, -0.2) is 0 Å². The maximum atomic E-state index is 5.69. The van der Waals surface area contributed by atoms with Crippen molar-refractivity contribution in [2.45, 2.75) is 38.8 Å². The Morgan fingerprint density at radius 1 is 1.50 bits per heavy atom. The first-order chi connectivity index (χ1) is 6.55. The van der Waals surface area contributed by atoms with E-state index in [1.807, 2.05) is 7.05 Å². The van der Waals surface area contributed by atoms with Crippen LogP contribution in [0.15, 0.2) is 0 Å². The Hall–Kier alpha value is -0.120. The first-order valence-electron chi connectivity index (χ1n) is 5.58. The highest BCUT2D eigenvalue weighted by atomic mass is 16.5. The molecule has 84 valence electrons. The lowest BCUT2D eigenvalue weighted by Gasteiger charge is -2.41. The second-order valence-electron chi connectivity index (χ2n) is 4.82. The van der Waals surface area contributed by atoms with E-state index >= 15 is 0 Å². The van der Waals surface area contributed by atoms with E-state index in [1.165, 1.54) is 6.42 Å². The number of nitrogens with zero attached hydrogens (tertiary/aromatic N) is 1. The number of nitrogens with one attached hydrogen (secondary N) is 1. The molecule has 1 heterocycles. The minimum atomic E-state index is 0.0339. The van der Waals surface area contributed by atoms with Crippen molar-refractivity contribution in [1.29, 1.82) is 0 Å². The fourth-order valence-corrected chi connectivity index (χ4v) is 1.97. The summed E-state index contributed by atoms with van der Waals surface area (Å²) in [5.74, 6) is 0. The van der Waals surface area contributed by atoms with Crippen LogP contribution in [0.3, 0.4) is 0 Å². The molecular formula is C11H24N2O. The Morgan fingerprint density at radius 2 is 2.21 bits per heavy atom. The number of ether oxygens (including phenoxy) is 1. The van der Waals surface area contributed by atoms with Gasteiger partial charge >= 0.3 is 0 Å². The summed E-state index contributed by atoms with van der Waals surface area (Å²) in [5.41, 5.74) is 0.0339. The molecule has 0 aliphatic carbocycles. The van der Waals surface area contributed by atoms with Crippen molar-refractivity contribution < 1.29 is 4.74 Å². The van der Waals surface area contributed by atoms with Gasteiger partial charge in [-0.2, -0.15) is 0 Å². The molecule has 1 N–H and O–H groups in total. The van der Waals surface area contributed by atoms with Crippen LogP contribution in [0.25, 0.3) is 0 Å². The quantitative estimate of drug-likeness (QED) is 0.735. The van der Waals surface area contributed by atoms with Crippen LogP contribution in [0.5, 0.6) is 0 Å². The average Bonchev–Trinajstić information content (AvgIpc) is 2.12. The summed E-state index contributed by atoms with van der Waals surface area (Å²) in [7, 11) is 2.01. The summed E-state index contributed by atoms with van der Waals surface area (Å²) in [5, 5.41) is 3.20. The third kappa shape index (κ3) is 3.56. The Kier molecular flexibility index (Phi) is 4.35. The van der Waals surface area contributed by atoms with Crippen LogP contribution in [-0.2, 0) is 4.74 Å². The molecule has 0 spiro atoms. The van der Waals surface area contributed by atoms with E-state index in [2.05, 4.69) is 31.0 Å². The predicted molar refractivity (Wildman–Crippen MR) is 59.6 cm³/mol. The highest BCUT2D eigenvalue weighted by Crippen LogP contribution is 2.19. The molecule has 1 rings (SSSR count). The molecule has 0 aromatic carbocycles. The van der Waals surface area contributed by atoms with E-state index < -0.39 is 0 Å². The van der Waals surface area contributed by atoms with Gasteiger partial charge in [0, 0.05) is 19.1 Å². The molecule has 0 aromatic rings. The predicted octanol–water partition coefficient (Wildman–Crippen LogP) is 1.10. The van der Waals surface area contributed by atoms with Gasteiger partial charge < -0.3 is 10.1 Å².